The second kappa shape index (κ2) is 6.95. The molecule has 0 spiro atoms. The first kappa shape index (κ1) is 16.3. The molecule has 132 valence electrons. The van der Waals surface area contributed by atoms with Gasteiger partial charge in [0, 0.05) is 37.7 Å². The van der Waals surface area contributed by atoms with Crippen molar-refractivity contribution >= 4 is 22.8 Å². The molecule has 3 heterocycles. The number of imidazole rings is 1. The number of nitrogens with one attached hydrogen (secondary N) is 3. The van der Waals surface area contributed by atoms with Crippen molar-refractivity contribution in [1.29, 1.82) is 0 Å². The van der Waals surface area contributed by atoms with Crippen LogP contribution in [0.2, 0.25) is 0 Å². The molecule has 3 aromatic rings. The quantitative estimate of drug-likeness (QED) is 0.650. The number of carbonyl (C=O) groups is 2. The van der Waals surface area contributed by atoms with Crippen molar-refractivity contribution in [3.8, 4) is 0 Å². The molecule has 0 unspecified atom stereocenters. The third-order valence-corrected chi connectivity index (χ3v) is 4.51. The number of pyridine rings is 1. The van der Waals surface area contributed by atoms with Gasteiger partial charge in [-0.25, -0.2) is 4.98 Å². The predicted molar refractivity (Wildman–Crippen MR) is 96.5 cm³/mol. The molecule has 0 radical (unpaired) electrons. The van der Waals surface area contributed by atoms with E-state index in [0.717, 1.165) is 34.4 Å². The molecular formula is C19H19N5O2. The zero-order valence-corrected chi connectivity index (χ0v) is 14.2. The number of fused-ring (bicyclic) bond motifs is 2. The summed E-state index contributed by atoms with van der Waals surface area (Å²) in [4.78, 5) is 35.7. The van der Waals surface area contributed by atoms with Crippen LogP contribution in [0, 0.1) is 0 Å². The van der Waals surface area contributed by atoms with Gasteiger partial charge in [-0.3, -0.25) is 14.6 Å². The molecule has 4 rings (SSSR count). The Morgan fingerprint density at radius 2 is 2.19 bits per heavy atom. The lowest BCUT2D eigenvalue weighted by Crippen LogP contribution is -2.32. The summed E-state index contributed by atoms with van der Waals surface area (Å²) >= 11 is 0. The Morgan fingerprint density at radius 1 is 1.27 bits per heavy atom. The number of nitrogens with zero attached hydrogens (tertiary/aromatic N) is 2. The van der Waals surface area contributed by atoms with Gasteiger partial charge in [0.1, 0.15) is 5.82 Å². The predicted octanol–water partition coefficient (Wildman–Crippen LogP) is 1.49. The summed E-state index contributed by atoms with van der Waals surface area (Å²) in [5, 5.41) is 5.74. The van der Waals surface area contributed by atoms with Gasteiger partial charge in [0.05, 0.1) is 17.2 Å². The maximum atomic E-state index is 12.1. The monoisotopic (exact) mass is 349 g/mol. The molecule has 2 aromatic heterocycles. The van der Waals surface area contributed by atoms with Crippen LogP contribution >= 0.6 is 0 Å². The smallest absolute Gasteiger partial charge is 0.251 e. The second-order valence-electron chi connectivity index (χ2n) is 6.35. The normalized spacial score (nSPS) is 13.3. The number of hydrogen-bond acceptors (Lipinski definition) is 4. The third kappa shape index (κ3) is 3.42. The number of rotatable bonds is 5. The molecule has 0 fully saturated rings. The molecule has 1 aromatic carbocycles. The van der Waals surface area contributed by atoms with E-state index in [2.05, 4.69) is 25.6 Å². The van der Waals surface area contributed by atoms with Gasteiger partial charge in [0.2, 0.25) is 5.91 Å². The summed E-state index contributed by atoms with van der Waals surface area (Å²) in [5.74, 6) is 0.679. The maximum Gasteiger partial charge on any atom is 0.251 e. The van der Waals surface area contributed by atoms with E-state index >= 15 is 0 Å². The second-order valence-corrected chi connectivity index (χ2v) is 6.35. The van der Waals surface area contributed by atoms with Crippen molar-refractivity contribution in [3.63, 3.8) is 0 Å². The molecule has 7 heteroatoms. The van der Waals surface area contributed by atoms with Gasteiger partial charge in [-0.05, 0) is 29.7 Å². The zero-order chi connectivity index (χ0) is 17.9. The molecule has 0 atom stereocenters. The Kier molecular flexibility index (Phi) is 4.35. The standard InChI is InChI=1S/C19H19N5O2/c25-18(4-3-17-23-15-6-7-20-11-16(15)24-17)22-10-12-1-2-13-5-8-21-19(26)14(13)9-12/h1-2,6-7,9,11H,3-5,8,10H2,(H,21,26)(H,22,25)(H,23,24). The van der Waals surface area contributed by atoms with Crippen LogP contribution in [0.5, 0.6) is 0 Å². The Bertz CT molecular complexity index is 946. The lowest BCUT2D eigenvalue weighted by molar-refractivity contribution is -0.121. The maximum absolute atomic E-state index is 12.1. The number of hydrogen-bond donors (Lipinski definition) is 3. The van der Waals surface area contributed by atoms with Gasteiger partial charge in [-0.1, -0.05) is 12.1 Å². The Hall–Kier alpha value is -3.22. The van der Waals surface area contributed by atoms with E-state index in [1.54, 1.807) is 12.4 Å². The number of carbonyl (C=O) groups excluding carboxylic acids is 2. The molecule has 3 N–H and O–H groups in total. The van der Waals surface area contributed by atoms with Crippen molar-refractivity contribution < 1.29 is 9.59 Å². The molecule has 0 saturated carbocycles. The van der Waals surface area contributed by atoms with Gasteiger partial charge in [0.25, 0.3) is 5.91 Å². The number of aryl methyl sites for hydroxylation is 1. The lowest BCUT2D eigenvalue weighted by Gasteiger charge is -2.17. The Balaban J connectivity index is 1.32. The molecular weight excluding hydrogens is 330 g/mol. The largest absolute Gasteiger partial charge is 0.352 e. The van der Waals surface area contributed by atoms with E-state index in [4.69, 9.17) is 0 Å². The summed E-state index contributed by atoms with van der Waals surface area (Å²) in [7, 11) is 0. The number of aromatic amines is 1. The van der Waals surface area contributed by atoms with Crippen LogP contribution in [0.3, 0.4) is 0 Å². The van der Waals surface area contributed by atoms with Crippen LogP contribution in [-0.2, 0) is 24.2 Å². The first-order valence-electron chi connectivity index (χ1n) is 8.64. The van der Waals surface area contributed by atoms with Crippen molar-refractivity contribution in [2.75, 3.05) is 6.54 Å². The minimum Gasteiger partial charge on any atom is -0.352 e. The van der Waals surface area contributed by atoms with E-state index in [1.807, 2.05) is 24.3 Å². The molecule has 1 aliphatic rings. The van der Waals surface area contributed by atoms with E-state index < -0.39 is 0 Å². The van der Waals surface area contributed by atoms with E-state index in [0.29, 0.717) is 31.5 Å². The number of benzene rings is 1. The first-order chi connectivity index (χ1) is 12.7. The first-order valence-corrected chi connectivity index (χ1v) is 8.64. The minimum absolute atomic E-state index is 0.0428. The summed E-state index contributed by atoms with van der Waals surface area (Å²) in [6, 6.07) is 7.62. The zero-order valence-electron chi connectivity index (χ0n) is 14.2. The number of amides is 2. The lowest BCUT2D eigenvalue weighted by atomic mass is 9.98. The molecule has 26 heavy (non-hydrogen) atoms. The molecule has 1 aliphatic heterocycles. The topological polar surface area (TPSA) is 99.8 Å². The van der Waals surface area contributed by atoms with Crippen molar-refractivity contribution in [2.24, 2.45) is 0 Å². The highest BCUT2D eigenvalue weighted by atomic mass is 16.2. The number of H-pyrrole nitrogens is 1. The Labute approximate surface area is 150 Å². The van der Waals surface area contributed by atoms with Crippen molar-refractivity contribution in [1.82, 2.24) is 25.6 Å². The van der Waals surface area contributed by atoms with Crippen LogP contribution in [0.4, 0.5) is 0 Å². The van der Waals surface area contributed by atoms with Crippen molar-refractivity contribution in [2.45, 2.75) is 25.8 Å². The fourth-order valence-electron chi connectivity index (χ4n) is 3.12. The highest BCUT2D eigenvalue weighted by Gasteiger charge is 2.16. The summed E-state index contributed by atoms with van der Waals surface area (Å²) < 4.78 is 0. The van der Waals surface area contributed by atoms with Crippen LogP contribution in [0.1, 0.15) is 33.7 Å². The van der Waals surface area contributed by atoms with E-state index in [1.165, 1.54) is 0 Å². The average molecular weight is 349 g/mol. The van der Waals surface area contributed by atoms with Crippen LogP contribution in [-0.4, -0.2) is 33.3 Å². The fraction of sp³-hybridized carbons (Fsp3) is 0.263. The van der Waals surface area contributed by atoms with Gasteiger partial charge in [-0.15, -0.1) is 0 Å². The molecule has 0 bridgehead atoms. The minimum atomic E-state index is -0.0502. The van der Waals surface area contributed by atoms with Gasteiger partial charge >= 0.3 is 0 Å². The van der Waals surface area contributed by atoms with Crippen LogP contribution in [0.25, 0.3) is 11.0 Å². The number of aromatic nitrogens is 3. The SMILES string of the molecule is O=C(CCc1nc2ccncc2[nH]1)NCc1ccc2c(c1)C(=O)NCC2. The summed E-state index contributed by atoms with van der Waals surface area (Å²) in [5.41, 5.74) is 4.41. The highest BCUT2D eigenvalue weighted by molar-refractivity contribution is 5.96. The van der Waals surface area contributed by atoms with Gasteiger partial charge in [0.15, 0.2) is 0 Å². The molecule has 0 aliphatic carbocycles. The van der Waals surface area contributed by atoms with Crippen LogP contribution < -0.4 is 10.6 Å². The van der Waals surface area contributed by atoms with Crippen LogP contribution in [0.15, 0.2) is 36.7 Å². The summed E-state index contributed by atoms with van der Waals surface area (Å²) in [6.45, 7) is 1.09. The molecule has 0 saturated heterocycles. The molecule has 2 amide bonds. The Morgan fingerprint density at radius 3 is 3.08 bits per heavy atom. The van der Waals surface area contributed by atoms with Crippen molar-refractivity contribution in [3.05, 3.63) is 59.2 Å². The summed E-state index contributed by atoms with van der Waals surface area (Å²) in [6.07, 6.45) is 5.14. The molecule has 7 nitrogen and oxygen atoms in total. The van der Waals surface area contributed by atoms with E-state index in [-0.39, 0.29) is 11.8 Å². The highest BCUT2D eigenvalue weighted by Crippen LogP contribution is 2.16. The fourth-order valence-corrected chi connectivity index (χ4v) is 3.12. The van der Waals surface area contributed by atoms with E-state index in [9.17, 15) is 9.59 Å². The van der Waals surface area contributed by atoms with Gasteiger partial charge in [-0.2, -0.15) is 0 Å². The van der Waals surface area contributed by atoms with Gasteiger partial charge < -0.3 is 15.6 Å². The third-order valence-electron chi connectivity index (χ3n) is 4.51. The average Bonchev–Trinajstić information content (AvgIpc) is 3.08.